The molecule has 0 aliphatic heterocycles. The van der Waals surface area contributed by atoms with E-state index in [4.69, 9.17) is 10.7 Å². The van der Waals surface area contributed by atoms with Gasteiger partial charge in [0.15, 0.2) is 0 Å². The fraction of sp³-hybridized carbons (Fsp3) is 0.571. The fourth-order valence-corrected chi connectivity index (χ4v) is 2.86. The Bertz CT molecular complexity index is 470. The Balaban J connectivity index is 3.27. The molecule has 0 aliphatic carbocycles. The molecule has 0 atom stereocenters. The maximum atomic E-state index is 12.1. The maximum Gasteiger partial charge on any atom is 0.264 e. The minimum atomic E-state index is -3.94. The minimum Gasteiger partial charge on any atom is -0.262 e. The summed E-state index contributed by atoms with van der Waals surface area (Å²) in [5.41, 5.74) is 0.256. The summed E-state index contributed by atoms with van der Waals surface area (Å²) >= 11 is 0. The van der Waals surface area contributed by atoms with Crippen LogP contribution in [0.2, 0.25) is 0 Å². The SMILES string of the molecule is Cc1nn(CC(F)F)c(C)c1S(=O)(=O)Cl. The average molecular weight is 259 g/mol. The zero-order valence-electron chi connectivity index (χ0n) is 8.04. The molecule has 1 aromatic heterocycles. The van der Waals surface area contributed by atoms with Gasteiger partial charge in [-0.15, -0.1) is 0 Å². The largest absolute Gasteiger partial charge is 0.264 e. The molecule has 0 saturated heterocycles. The van der Waals surface area contributed by atoms with Gasteiger partial charge in [0.2, 0.25) is 0 Å². The maximum absolute atomic E-state index is 12.1. The molecule has 1 aromatic rings. The van der Waals surface area contributed by atoms with Crippen LogP contribution in [-0.2, 0) is 15.6 Å². The second-order valence-electron chi connectivity index (χ2n) is 3.01. The fourth-order valence-electron chi connectivity index (χ4n) is 1.34. The first-order valence-electron chi connectivity index (χ1n) is 4.00. The topological polar surface area (TPSA) is 52.0 Å². The van der Waals surface area contributed by atoms with Crippen LogP contribution < -0.4 is 0 Å². The van der Waals surface area contributed by atoms with Gasteiger partial charge in [0.1, 0.15) is 11.4 Å². The molecule has 0 aromatic carbocycles. The van der Waals surface area contributed by atoms with Crippen molar-refractivity contribution in [2.75, 3.05) is 0 Å². The molecule has 1 rings (SSSR count). The van der Waals surface area contributed by atoms with Crippen molar-refractivity contribution in [1.29, 1.82) is 0 Å². The molecular formula is C7H9ClF2N2O2S. The van der Waals surface area contributed by atoms with Crippen LogP contribution in [0.15, 0.2) is 4.90 Å². The number of hydrogen-bond acceptors (Lipinski definition) is 3. The number of aryl methyl sites for hydroxylation is 1. The van der Waals surface area contributed by atoms with Gasteiger partial charge in [0.05, 0.1) is 11.4 Å². The van der Waals surface area contributed by atoms with Crippen LogP contribution in [0.1, 0.15) is 11.4 Å². The molecule has 0 saturated carbocycles. The lowest BCUT2D eigenvalue weighted by atomic mass is 10.4. The van der Waals surface area contributed by atoms with Crippen molar-refractivity contribution in [2.45, 2.75) is 31.7 Å². The third-order valence-corrected chi connectivity index (χ3v) is 3.41. The van der Waals surface area contributed by atoms with Crippen molar-refractivity contribution in [2.24, 2.45) is 0 Å². The van der Waals surface area contributed by atoms with E-state index in [0.29, 0.717) is 0 Å². The number of hydrogen-bond donors (Lipinski definition) is 0. The van der Waals surface area contributed by atoms with Gasteiger partial charge in [-0.05, 0) is 13.8 Å². The van der Waals surface area contributed by atoms with Crippen LogP contribution in [0.3, 0.4) is 0 Å². The second kappa shape index (κ2) is 4.05. The molecule has 15 heavy (non-hydrogen) atoms. The van der Waals surface area contributed by atoms with E-state index >= 15 is 0 Å². The summed E-state index contributed by atoms with van der Waals surface area (Å²) in [6, 6.07) is 0. The monoisotopic (exact) mass is 258 g/mol. The molecule has 4 nitrogen and oxygen atoms in total. The zero-order chi connectivity index (χ0) is 11.8. The van der Waals surface area contributed by atoms with E-state index in [1.807, 2.05) is 0 Å². The van der Waals surface area contributed by atoms with Crippen LogP contribution in [0, 0.1) is 13.8 Å². The quantitative estimate of drug-likeness (QED) is 0.776. The predicted molar refractivity (Wildman–Crippen MR) is 50.7 cm³/mol. The number of nitrogens with zero attached hydrogens (tertiary/aromatic N) is 2. The lowest BCUT2D eigenvalue weighted by Gasteiger charge is -2.02. The van der Waals surface area contributed by atoms with Crippen molar-refractivity contribution < 1.29 is 17.2 Å². The summed E-state index contributed by atoms with van der Waals surface area (Å²) in [5.74, 6) is 0. The smallest absolute Gasteiger partial charge is 0.262 e. The first-order valence-corrected chi connectivity index (χ1v) is 6.31. The molecule has 1 heterocycles. The first kappa shape index (κ1) is 12.4. The molecule has 0 fully saturated rings. The van der Waals surface area contributed by atoms with E-state index in [2.05, 4.69) is 5.10 Å². The standard InChI is InChI=1S/C7H9ClF2N2O2S/c1-4-7(15(8,13)14)5(2)12(11-4)3-6(9)10/h6H,3H2,1-2H3. The Morgan fingerprint density at radius 3 is 2.33 bits per heavy atom. The third kappa shape index (κ3) is 2.66. The average Bonchev–Trinajstić information content (AvgIpc) is 2.23. The Morgan fingerprint density at radius 2 is 2.00 bits per heavy atom. The molecule has 0 bridgehead atoms. The van der Waals surface area contributed by atoms with Gasteiger partial charge in [-0.2, -0.15) is 5.10 Å². The van der Waals surface area contributed by atoms with E-state index in [1.54, 1.807) is 0 Å². The zero-order valence-corrected chi connectivity index (χ0v) is 9.61. The summed E-state index contributed by atoms with van der Waals surface area (Å²) in [6.07, 6.45) is -2.59. The lowest BCUT2D eigenvalue weighted by molar-refractivity contribution is 0.120. The minimum absolute atomic E-state index is 0.128. The van der Waals surface area contributed by atoms with Crippen molar-refractivity contribution in [3.8, 4) is 0 Å². The highest BCUT2D eigenvalue weighted by molar-refractivity contribution is 8.13. The van der Waals surface area contributed by atoms with Gasteiger partial charge in [-0.3, -0.25) is 4.68 Å². The van der Waals surface area contributed by atoms with Gasteiger partial charge >= 0.3 is 0 Å². The van der Waals surface area contributed by atoms with Crippen molar-refractivity contribution in [3.05, 3.63) is 11.4 Å². The van der Waals surface area contributed by atoms with Crippen LogP contribution in [0.25, 0.3) is 0 Å². The van der Waals surface area contributed by atoms with Gasteiger partial charge < -0.3 is 0 Å². The molecule has 0 N–H and O–H groups in total. The van der Waals surface area contributed by atoms with Crippen molar-refractivity contribution in [3.63, 3.8) is 0 Å². The molecule has 0 spiro atoms. The number of rotatable bonds is 3. The summed E-state index contributed by atoms with van der Waals surface area (Å²) in [7, 11) is 1.22. The molecule has 86 valence electrons. The van der Waals surface area contributed by atoms with Gasteiger partial charge in [-0.1, -0.05) is 0 Å². The van der Waals surface area contributed by atoms with E-state index in [1.165, 1.54) is 13.8 Å². The van der Waals surface area contributed by atoms with Gasteiger partial charge in [0, 0.05) is 10.7 Å². The molecule has 0 aliphatic rings. The lowest BCUT2D eigenvalue weighted by Crippen LogP contribution is -2.10. The highest BCUT2D eigenvalue weighted by atomic mass is 35.7. The second-order valence-corrected chi connectivity index (χ2v) is 5.51. The van der Waals surface area contributed by atoms with E-state index in [9.17, 15) is 17.2 Å². The van der Waals surface area contributed by atoms with Crippen LogP contribution >= 0.6 is 10.7 Å². The van der Waals surface area contributed by atoms with Crippen LogP contribution in [-0.4, -0.2) is 24.6 Å². The predicted octanol–water partition coefficient (Wildman–Crippen LogP) is 1.69. The third-order valence-electron chi connectivity index (χ3n) is 1.87. The normalized spacial score (nSPS) is 12.4. The molecule has 8 heteroatoms. The van der Waals surface area contributed by atoms with Gasteiger partial charge in [-0.25, -0.2) is 17.2 Å². The number of halogens is 3. The Hall–Kier alpha value is -0.690. The Kier molecular flexibility index (Phi) is 3.34. The summed E-state index contributed by atoms with van der Waals surface area (Å²) in [4.78, 5) is -0.190. The van der Waals surface area contributed by atoms with Crippen LogP contribution in [0.5, 0.6) is 0 Å². The molecule has 0 unspecified atom stereocenters. The van der Waals surface area contributed by atoms with Gasteiger partial charge in [0.25, 0.3) is 15.5 Å². The Labute approximate surface area is 90.3 Å². The summed E-state index contributed by atoms with van der Waals surface area (Å²) < 4.78 is 47.3. The molecular weight excluding hydrogens is 250 g/mol. The summed E-state index contributed by atoms with van der Waals surface area (Å²) in [6.45, 7) is 2.15. The number of alkyl halides is 2. The van der Waals surface area contributed by atoms with Crippen molar-refractivity contribution >= 4 is 19.7 Å². The highest BCUT2D eigenvalue weighted by Crippen LogP contribution is 2.23. The van der Waals surface area contributed by atoms with E-state index < -0.39 is 22.0 Å². The van der Waals surface area contributed by atoms with Crippen LogP contribution in [0.4, 0.5) is 8.78 Å². The summed E-state index contributed by atoms with van der Waals surface area (Å²) in [5, 5.41) is 3.69. The Morgan fingerprint density at radius 1 is 1.47 bits per heavy atom. The highest BCUT2D eigenvalue weighted by Gasteiger charge is 2.23. The molecule has 0 radical (unpaired) electrons. The van der Waals surface area contributed by atoms with E-state index in [-0.39, 0.29) is 16.3 Å². The molecule has 0 amide bonds. The van der Waals surface area contributed by atoms with Crippen molar-refractivity contribution in [1.82, 2.24) is 9.78 Å². The van der Waals surface area contributed by atoms with E-state index in [0.717, 1.165) is 4.68 Å². The first-order chi connectivity index (χ1) is 6.73. The number of aromatic nitrogens is 2.